The smallest absolute Gasteiger partial charge is 0.189 e. The lowest BCUT2D eigenvalue weighted by Gasteiger charge is -1.99. The fourth-order valence-corrected chi connectivity index (χ4v) is 1.57. The summed E-state index contributed by atoms with van der Waals surface area (Å²) >= 11 is 0. The molecular formula is C11H14N2O. The number of rotatable bonds is 2. The van der Waals surface area contributed by atoms with E-state index in [9.17, 15) is 0 Å². The highest BCUT2D eigenvalue weighted by molar-refractivity contribution is 5.89. The predicted molar refractivity (Wildman–Crippen MR) is 57.0 cm³/mol. The van der Waals surface area contributed by atoms with Crippen LogP contribution in [0.25, 0.3) is 11.0 Å². The van der Waals surface area contributed by atoms with E-state index in [1.165, 1.54) is 0 Å². The molecule has 0 saturated carbocycles. The maximum absolute atomic E-state index is 5.77. The summed E-state index contributed by atoms with van der Waals surface area (Å²) in [4.78, 5) is 0. The lowest BCUT2D eigenvalue weighted by molar-refractivity contribution is 0.440. The van der Waals surface area contributed by atoms with Gasteiger partial charge in [-0.05, 0) is 24.5 Å². The van der Waals surface area contributed by atoms with Crippen molar-refractivity contribution < 1.29 is 4.52 Å². The summed E-state index contributed by atoms with van der Waals surface area (Å²) in [5.74, 6) is 0.574. The van der Waals surface area contributed by atoms with Gasteiger partial charge in [-0.3, -0.25) is 0 Å². The van der Waals surface area contributed by atoms with Crippen LogP contribution in [0.2, 0.25) is 0 Å². The second kappa shape index (κ2) is 3.33. The molecule has 3 heteroatoms. The summed E-state index contributed by atoms with van der Waals surface area (Å²) in [5, 5.41) is 5.08. The number of fused-ring (bicyclic) bond motifs is 1. The Bertz CT molecular complexity index is 445. The SMILES string of the molecule is CC(C)Cc1noc2c(N)cccc12. The Balaban J connectivity index is 2.52. The van der Waals surface area contributed by atoms with Crippen molar-refractivity contribution >= 4 is 16.7 Å². The highest BCUT2D eigenvalue weighted by Crippen LogP contribution is 2.25. The average molecular weight is 190 g/mol. The van der Waals surface area contributed by atoms with Crippen molar-refractivity contribution in [3.63, 3.8) is 0 Å². The molecule has 0 aliphatic heterocycles. The van der Waals surface area contributed by atoms with Crippen molar-refractivity contribution in [3.8, 4) is 0 Å². The zero-order valence-corrected chi connectivity index (χ0v) is 8.45. The molecule has 0 aliphatic rings. The summed E-state index contributed by atoms with van der Waals surface area (Å²) in [6.45, 7) is 4.32. The van der Waals surface area contributed by atoms with Crippen molar-refractivity contribution in [2.75, 3.05) is 5.73 Å². The van der Waals surface area contributed by atoms with Crippen LogP contribution in [0.5, 0.6) is 0 Å². The summed E-state index contributed by atoms with van der Waals surface area (Å²) < 4.78 is 5.21. The molecular weight excluding hydrogens is 176 g/mol. The number of para-hydroxylation sites is 1. The Hall–Kier alpha value is -1.51. The van der Waals surface area contributed by atoms with Crippen molar-refractivity contribution in [2.45, 2.75) is 20.3 Å². The van der Waals surface area contributed by atoms with E-state index in [-0.39, 0.29) is 0 Å². The van der Waals surface area contributed by atoms with Crippen molar-refractivity contribution in [1.29, 1.82) is 0 Å². The highest BCUT2D eigenvalue weighted by atomic mass is 16.5. The Labute approximate surface area is 82.9 Å². The number of hydrogen-bond donors (Lipinski definition) is 1. The molecule has 0 unspecified atom stereocenters. The molecule has 1 heterocycles. The van der Waals surface area contributed by atoms with Gasteiger partial charge in [0.15, 0.2) is 5.58 Å². The molecule has 74 valence electrons. The minimum absolute atomic E-state index is 0.574. The maximum Gasteiger partial charge on any atom is 0.189 e. The molecule has 2 aromatic rings. The summed E-state index contributed by atoms with van der Waals surface area (Å²) in [6.07, 6.45) is 0.927. The number of nitrogens with zero attached hydrogens (tertiary/aromatic N) is 1. The molecule has 2 rings (SSSR count). The fraction of sp³-hybridized carbons (Fsp3) is 0.364. The highest BCUT2D eigenvalue weighted by Gasteiger charge is 2.10. The van der Waals surface area contributed by atoms with E-state index in [4.69, 9.17) is 10.3 Å². The quantitative estimate of drug-likeness (QED) is 0.740. The lowest BCUT2D eigenvalue weighted by Crippen LogP contribution is -1.94. The number of anilines is 1. The van der Waals surface area contributed by atoms with Gasteiger partial charge in [0, 0.05) is 5.39 Å². The summed E-state index contributed by atoms with van der Waals surface area (Å²) in [7, 11) is 0. The zero-order valence-electron chi connectivity index (χ0n) is 8.45. The average Bonchev–Trinajstić information content (AvgIpc) is 2.49. The Morgan fingerprint density at radius 2 is 2.21 bits per heavy atom. The minimum atomic E-state index is 0.574. The minimum Gasteiger partial charge on any atom is -0.396 e. The van der Waals surface area contributed by atoms with Gasteiger partial charge >= 0.3 is 0 Å². The third-order valence-corrected chi connectivity index (χ3v) is 2.21. The summed E-state index contributed by atoms with van der Waals surface area (Å²) in [6, 6.07) is 5.76. The van der Waals surface area contributed by atoms with Crippen LogP contribution >= 0.6 is 0 Å². The number of nitrogens with two attached hydrogens (primary N) is 1. The van der Waals surface area contributed by atoms with Gasteiger partial charge in [0.2, 0.25) is 0 Å². The third kappa shape index (κ3) is 1.45. The number of aromatic nitrogens is 1. The second-order valence-electron chi connectivity index (χ2n) is 3.95. The van der Waals surface area contributed by atoms with Gasteiger partial charge in [-0.2, -0.15) is 0 Å². The van der Waals surface area contributed by atoms with Crippen molar-refractivity contribution in [3.05, 3.63) is 23.9 Å². The first-order valence-corrected chi connectivity index (χ1v) is 4.81. The Morgan fingerprint density at radius 3 is 2.93 bits per heavy atom. The maximum atomic E-state index is 5.77. The van der Waals surface area contributed by atoms with Gasteiger partial charge in [-0.25, -0.2) is 0 Å². The van der Waals surface area contributed by atoms with Crippen LogP contribution in [0.3, 0.4) is 0 Å². The van der Waals surface area contributed by atoms with Crippen LogP contribution in [0.15, 0.2) is 22.7 Å². The molecule has 2 N–H and O–H groups in total. The number of nitrogen functional groups attached to an aromatic ring is 1. The second-order valence-corrected chi connectivity index (χ2v) is 3.95. The van der Waals surface area contributed by atoms with E-state index in [0.29, 0.717) is 17.2 Å². The standard InChI is InChI=1S/C11H14N2O/c1-7(2)6-10-8-4-3-5-9(12)11(8)14-13-10/h3-5,7H,6,12H2,1-2H3. The van der Waals surface area contributed by atoms with E-state index >= 15 is 0 Å². The molecule has 0 atom stereocenters. The van der Waals surface area contributed by atoms with E-state index in [1.54, 1.807) is 0 Å². The zero-order chi connectivity index (χ0) is 10.1. The van der Waals surface area contributed by atoms with Gasteiger partial charge in [-0.15, -0.1) is 0 Å². The van der Waals surface area contributed by atoms with Crippen LogP contribution in [-0.4, -0.2) is 5.16 Å². The molecule has 0 spiro atoms. The van der Waals surface area contributed by atoms with Crippen LogP contribution < -0.4 is 5.73 Å². The molecule has 3 nitrogen and oxygen atoms in total. The number of benzene rings is 1. The van der Waals surface area contributed by atoms with Crippen LogP contribution in [0, 0.1) is 5.92 Å². The molecule has 0 saturated heterocycles. The van der Waals surface area contributed by atoms with E-state index in [0.717, 1.165) is 17.5 Å². The molecule has 0 fully saturated rings. The van der Waals surface area contributed by atoms with Gasteiger partial charge in [-0.1, -0.05) is 25.1 Å². The van der Waals surface area contributed by atoms with Gasteiger partial charge in [0.05, 0.1) is 11.4 Å². The molecule has 1 aromatic carbocycles. The van der Waals surface area contributed by atoms with Crippen LogP contribution in [-0.2, 0) is 6.42 Å². The first kappa shape index (κ1) is 9.06. The number of hydrogen-bond acceptors (Lipinski definition) is 3. The Morgan fingerprint density at radius 1 is 1.43 bits per heavy atom. The monoisotopic (exact) mass is 190 g/mol. The third-order valence-electron chi connectivity index (χ3n) is 2.21. The van der Waals surface area contributed by atoms with E-state index in [2.05, 4.69) is 19.0 Å². The van der Waals surface area contributed by atoms with Gasteiger partial charge in [0.1, 0.15) is 0 Å². The van der Waals surface area contributed by atoms with Crippen LogP contribution in [0.4, 0.5) is 5.69 Å². The summed E-state index contributed by atoms with van der Waals surface area (Å²) in [5.41, 5.74) is 8.14. The van der Waals surface area contributed by atoms with E-state index < -0.39 is 0 Å². The van der Waals surface area contributed by atoms with Gasteiger partial charge in [0.25, 0.3) is 0 Å². The van der Waals surface area contributed by atoms with Gasteiger partial charge < -0.3 is 10.3 Å². The molecule has 0 bridgehead atoms. The fourth-order valence-electron chi connectivity index (χ4n) is 1.57. The first-order chi connectivity index (χ1) is 6.68. The predicted octanol–water partition coefficient (Wildman–Crippen LogP) is 2.61. The lowest BCUT2D eigenvalue weighted by atomic mass is 10.1. The molecule has 0 amide bonds. The normalized spacial score (nSPS) is 11.4. The molecule has 14 heavy (non-hydrogen) atoms. The van der Waals surface area contributed by atoms with Crippen LogP contribution in [0.1, 0.15) is 19.5 Å². The largest absolute Gasteiger partial charge is 0.396 e. The van der Waals surface area contributed by atoms with Crippen molar-refractivity contribution in [1.82, 2.24) is 5.16 Å². The van der Waals surface area contributed by atoms with Crippen molar-refractivity contribution in [2.24, 2.45) is 5.92 Å². The topological polar surface area (TPSA) is 52.0 Å². The molecule has 1 aromatic heterocycles. The Kier molecular flexibility index (Phi) is 2.15. The molecule has 0 aliphatic carbocycles. The van der Waals surface area contributed by atoms with E-state index in [1.807, 2.05) is 18.2 Å². The first-order valence-electron chi connectivity index (χ1n) is 4.81. The molecule has 0 radical (unpaired) electrons.